The predicted octanol–water partition coefficient (Wildman–Crippen LogP) is 0.591. The van der Waals surface area contributed by atoms with Crippen LogP contribution in [0.1, 0.15) is 5.69 Å². The molecule has 66 valence electrons. The number of nitrogens with two attached hydrogens (primary N) is 1. The summed E-state index contributed by atoms with van der Waals surface area (Å²) in [6.07, 6.45) is 3.69. The summed E-state index contributed by atoms with van der Waals surface area (Å²) in [5.41, 5.74) is 6.88. The van der Waals surface area contributed by atoms with E-state index in [4.69, 9.17) is 5.73 Å². The highest BCUT2D eigenvalue weighted by molar-refractivity contribution is 5.82. The standard InChI is InChI=1S/C9H9N3O/c10-9(13)4-7-3-6-5-11-2-1-8(6)12-7/h1-3,5,12H,4H2,(H2,10,13). The highest BCUT2D eigenvalue weighted by Crippen LogP contribution is 2.13. The second-order valence-electron chi connectivity index (χ2n) is 2.90. The number of amides is 1. The van der Waals surface area contributed by atoms with Crippen LogP contribution in [0.25, 0.3) is 10.9 Å². The van der Waals surface area contributed by atoms with Crippen LogP contribution in [0.15, 0.2) is 24.5 Å². The maximum absolute atomic E-state index is 10.6. The summed E-state index contributed by atoms with van der Waals surface area (Å²) in [6.45, 7) is 0. The van der Waals surface area contributed by atoms with Gasteiger partial charge >= 0.3 is 0 Å². The molecule has 0 saturated carbocycles. The minimum Gasteiger partial charge on any atom is -0.369 e. The molecule has 0 radical (unpaired) electrons. The largest absolute Gasteiger partial charge is 0.369 e. The summed E-state index contributed by atoms with van der Waals surface area (Å²) in [7, 11) is 0. The number of nitrogens with one attached hydrogen (secondary N) is 1. The van der Waals surface area contributed by atoms with Crippen LogP contribution in [-0.4, -0.2) is 15.9 Å². The Bertz CT molecular complexity index is 414. The summed E-state index contributed by atoms with van der Waals surface area (Å²) < 4.78 is 0. The van der Waals surface area contributed by atoms with Crippen LogP contribution in [0.5, 0.6) is 0 Å². The van der Waals surface area contributed by atoms with Crippen molar-refractivity contribution in [3.05, 3.63) is 30.2 Å². The topological polar surface area (TPSA) is 71.8 Å². The number of pyridine rings is 1. The van der Waals surface area contributed by atoms with Crippen molar-refractivity contribution in [3.63, 3.8) is 0 Å². The average molecular weight is 175 g/mol. The highest BCUT2D eigenvalue weighted by atomic mass is 16.1. The number of primary amides is 1. The summed E-state index contributed by atoms with van der Waals surface area (Å²) in [5, 5.41) is 0.999. The number of hydrogen-bond acceptors (Lipinski definition) is 2. The highest BCUT2D eigenvalue weighted by Gasteiger charge is 2.02. The number of rotatable bonds is 2. The Labute approximate surface area is 74.8 Å². The summed E-state index contributed by atoms with van der Waals surface area (Å²) in [5.74, 6) is -0.334. The van der Waals surface area contributed by atoms with Crippen molar-refractivity contribution < 1.29 is 4.79 Å². The third-order valence-electron chi connectivity index (χ3n) is 1.84. The number of fused-ring (bicyclic) bond motifs is 1. The van der Waals surface area contributed by atoms with Gasteiger partial charge in [-0.25, -0.2) is 0 Å². The molecule has 4 nitrogen and oxygen atoms in total. The smallest absolute Gasteiger partial charge is 0.223 e. The molecule has 3 N–H and O–H groups in total. The third-order valence-corrected chi connectivity index (χ3v) is 1.84. The number of aromatic amines is 1. The van der Waals surface area contributed by atoms with E-state index in [9.17, 15) is 4.79 Å². The summed E-state index contributed by atoms with van der Waals surface area (Å²) in [6, 6.07) is 3.74. The van der Waals surface area contributed by atoms with E-state index >= 15 is 0 Å². The molecule has 0 aliphatic rings. The molecule has 0 atom stereocenters. The maximum atomic E-state index is 10.6. The Morgan fingerprint density at radius 1 is 1.62 bits per heavy atom. The van der Waals surface area contributed by atoms with Gasteiger partial charge < -0.3 is 10.7 Å². The Balaban J connectivity index is 2.44. The fourth-order valence-electron chi connectivity index (χ4n) is 1.32. The van der Waals surface area contributed by atoms with Crippen LogP contribution < -0.4 is 5.73 Å². The van der Waals surface area contributed by atoms with Crippen molar-refractivity contribution in [2.45, 2.75) is 6.42 Å². The van der Waals surface area contributed by atoms with Crippen molar-refractivity contribution in [3.8, 4) is 0 Å². The third kappa shape index (κ3) is 1.51. The minimum atomic E-state index is -0.334. The van der Waals surface area contributed by atoms with E-state index in [0.29, 0.717) is 0 Å². The van der Waals surface area contributed by atoms with Gasteiger partial charge in [-0.3, -0.25) is 9.78 Å². The van der Waals surface area contributed by atoms with E-state index in [0.717, 1.165) is 16.6 Å². The van der Waals surface area contributed by atoms with Crippen LogP contribution in [0.4, 0.5) is 0 Å². The Morgan fingerprint density at radius 3 is 3.15 bits per heavy atom. The number of H-pyrrole nitrogens is 1. The monoisotopic (exact) mass is 175 g/mol. The molecule has 2 aromatic heterocycles. The molecule has 2 heterocycles. The quantitative estimate of drug-likeness (QED) is 0.701. The van der Waals surface area contributed by atoms with Crippen LogP contribution in [0.3, 0.4) is 0 Å². The first kappa shape index (κ1) is 7.79. The summed E-state index contributed by atoms with van der Waals surface area (Å²) in [4.78, 5) is 17.7. The Morgan fingerprint density at radius 2 is 2.46 bits per heavy atom. The zero-order valence-corrected chi connectivity index (χ0v) is 6.95. The number of aromatic nitrogens is 2. The molecular weight excluding hydrogens is 166 g/mol. The first-order valence-corrected chi connectivity index (χ1v) is 3.95. The van der Waals surface area contributed by atoms with Crippen molar-refractivity contribution >= 4 is 16.8 Å². The number of carbonyl (C=O) groups is 1. The maximum Gasteiger partial charge on any atom is 0.223 e. The van der Waals surface area contributed by atoms with Gasteiger partial charge in [0.2, 0.25) is 5.91 Å². The fourth-order valence-corrected chi connectivity index (χ4v) is 1.32. The molecule has 13 heavy (non-hydrogen) atoms. The van der Waals surface area contributed by atoms with Crippen molar-refractivity contribution in [2.75, 3.05) is 0 Å². The number of nitrogens with zero attached hydrogens (tertiary/aromatic N) is 1. The van der Waals surface area contributed by atoms with E-state index in [2.05, 4.69) is 9.97 Å². The molecule has 0 saturated heterocycles. The SMILES string of the molecule is NC(=O)Cc1cc2cnccc2[nH]1. The molecule has 0 aliphatic heterocycles. The lowest BCUT2D eigenvalue weighted by Crippen LogP contribution is -2.13. The zero-order chi connectivity index (χ0) is 9.26. The van der Waals surface area contributed by atoms with Gasteiger partial charge in [-0.2, -0.15) is 0 Å². The zero-order valence-electron chi connectivity index (χ0n) is 6.95. The van der Waals surface area contributed by atoms with Crippen LogP contribution >= 0.6 is 0 Å². The van der Waals surface area contributed by atoms with Crippen molar-refractivity contribution in [2.24, 2.45) is 5.73 Å². The molecule has 0 aromatic carbocycles. The summed E-state index contributed by atoms with van der Waals surface area (Å²) >= 11 is 0. The molecule has 0 spiro atoms. The molecule has 0 fully saturated rings. The van der Waals surface area contributed by atoms with Crippen molar-refractivity contribution in [1.29, 1.82) is 0 Å². The van der Waals surface area contributed by atoms with E-state index in [1.165, 1.54) is 0 Å². The van der Waals surface area contributed by atoms with Gasteiger partial charge in [-0.15, -0.1) is 0 Å². The molecule has 4 heteroatoms. The Kier molecular flexibility index (Phi) is 1.73. The molecule has 0 unspecified atom stereocenters. The first-order valence-electron chi connectivity index (χ1n) is 3.95. The normalized spacial score (nSPS) is 10.5. The lowest BCUT2D eigenvalue weighted by atomic mass is 10.3. The number of hydrogen-bond donors (Lipinski definition) is 2. The second-order valence-corrected chi connectivity index (χ2v) is 2.90. The van der Waals surface area contributed by atoms with E-state index in [-0.39, 0.29) is 12.3 Å². The van der Waals surface area contributed by atoms with Crippen LogP contribution in [0.2, 0.25) is 0 Å². The first-order chi connectivity index (χ1) is 6.25. The van der Waals surface area contributed by atoms with E-state index in [1.54, 1.807) is 12.4 Å². The molecule has 2 aromatic rings. The molecule has 1 amide bonds. The van der Waals surface area contributed by atoms with Gasteiger partial charge in [-0.1, -0.05) is 0 Å². The van der Waals surface area contributed by atoms with Crippen LogP contribution in [0, 0.1) is 0 Å². The second kappa shape index (κ2) is 2.90. The molecular formula is C9H9N3O. The Hall–Kier alpha value is -1.84. The van der Waals surface area contributed by atoms with E-state index < -0.39 is 0 Å². The molecule has 0 aliphatic carbocycles. The molecule has 0 bridgehead atoms. The van der Waals surface area contributed by atoms with Crippen molar-refractivity contribution in [1.82, 2.24) is 9.97 Å². The average Bonchev–Trinajstić information content (AvgIpc) is 2.44. The minimum absolute atomic E-state index is 0.245. The fraction of sp³-hybridized carbons (Fsp3) is 0.111. The van der Waals surface area contributed by atoms with E-state index in [1.807, 2.05) is 12.1 Å². The lowest BCUT2D eigenvalue weighted by molar-refractivity contribution is -0.117. The van der Waals surface area contributed by atoms with Gasteiger partial charge in [0.25, 0.3) is 0 Å². The van der Waals surface area contributed by atoms with Gasteiger partial charge in [0.05, 0.1) is 6.42 Å². The van der Waals surface area contributed by atoms with Gasteiger partial charge in [0.15, 0.2) is 0 Å². The van der Waals surface area contributed by atoms with Gasteiger partial charge in [-0.05, 0) is 12.1 Å². The van der Waals surface area contributed by atoms with Gasteiger partial charge in [0, 0.05) is 29.0 Å². The predicted molar refractivity (Wildman–Crippen MR) is 49.0 cm³/mol. The van der Waals surface area contributed by atoms with Gasteiger partial charge in [0.1, 0.15) is 0 Å². The van der Waals surface area contributed by atoms with Crippen LogP contribution in [-0.2, 0) is 11.2 Å². The number of carbonyl (C=O) groups excluding carboxylic acids is 1. The lowest BCUT2D eigenvalue weighted by Gasteiger charge is -1.89. The molecule has 2 rings (SSSR count).